The van der Waals surface area contributed by atoms with Gasteiger partial charge in [0.25, 0.3) is 0 Å². The van der Waals surface area contributed by atoms with E-state index in [-0.39, 0.29) is 11.8 Å². The van der Waals surface area contributed by atoms with E-state index in [4.69, 9.17) is 4.74 Å². The van der Waals surface area contributed by atoms with Crippen LogP contribution in [0.3, 0.4) is 0 Å². The molecule has 5 nitrogen and oxygen atoms in total. The third kappa shape index (κ3) is 2.58. The van der Waals surface area contributed by atoms with Crippen molar-refractivity contribution in [2.75, 3.05) is 18.5 Å². The highest BCUT2D eigenvalue weighted by atomic mass is 16.5. The van der Waals surface area contributed by atoms with Crippen LogP contribution < -0.4 is 5.32 Å². The van der Waals surface area contributed by atoms with Crippen molar-refractivity contribution in [1.82, 2.24) is 9.78 Å². The molecule has 1 saturated heterocycles. The summed E-state index contributed by atoms with van der Waals surface area (Å²) in [6.45, 7) is 3.18. The summed E-state index contributed by atoms with van der Waals surface area (Å²) in [5.74, 6) is 0.0117. The Bertz CT molecular complexity index is 602. The number of rotatable bonds is 3. The van der Waals surface area contributed by atoms with Crippen molar-refractivity contribution in [2.24, 2.45) is 5.92 Å². The second-order valence-corrected chi connectivity index (χ2v) is 5.00. The maximum atomic E-state index is 12.1. The third-order valence-electron chi connectivity index (χ3n) is 3.54. The Hall–Kier alpha value is -2.14. The first kappa shape index (κ1) is 12.9. The van der Waals surface area contributed by atoms with Crippen LogP contribution in [0.25, 0.3) is 5.69 Å². The molecule has 0 saturated carbocycles. The van der Waals surface area contributed by atoms with E-state index in [2.05, 4.69) is 10.4 Å². The quantitative estimate of drug-likeness (QED) is 0.930. The summed E-state index contributed by atoms with van der Waals surface area (Å²) in [6, 6.07) is 7.75. The van der Waals surface area contributed by atoms with Gasteiger partial charge in [0.15, 0.2) is 0 Å². The van der Waals surface area contributed by atoms with Crippen LogP contribution in [0.1, 0.15) is 12.0 Å². The Morgan fingerprint density at radius 3 is 3.05 bits per heavy atom. The molecule has 20 heavy (non-hydrogen) atoms. The Morgan fingerprint density at radius 1 is 1.50 bits per heavy atom. The monoisotopic (exact) mass is 271 g/mol. The van der Waals surface area contributed by atoms with Crippen LogP contribution in [0, 0.1) is 12.8 Å². The minimum atomic E-state index is -0.0276. The van der Waals surface area contributed by atoms with Crippen LogP contribution in [0.4, 0.5) is 5.69 Å². The lowest BCUT2D eigenvalue weighted by molar-refractivity contribution is -0.119. The van der Waals surface area contributed by atoms with Gasteiger partial charge in [-0.3, -0.25) is 4.79 Å². The van der Waals surface area contributed by atoms with E-state index < -0.39 is 0 Å². The SMILES string of the molecule is Cc1cc(-n2cccn2)ccc1NC(=O)[C@@H]1CCOC1. The molecular weight excluding hydrogens is 254 g/mol. The van der Waals surface area contributed by atoms with Gasteiger partial charge in [0.05, 0.1) is 18.2 Å². The van der Waals surface area contributed by atoms with Gasteiger partial charge in [0, 0.05) is 24.7 Å². The smallest absolute Gasteiger partial charge is 0.229 e. The van der Waals surface area contributed by atoms with Crippen molar-refractivity contribution in [2.45, 2.75) is 13.3 Å². The molecule has 2 heterocycles. The Balaban J connectivity index is 1.76. The van der Waals surface area contributed by atoms with Gasteiger partial charge < -0.3 is 10.1 Å². The molecule has 1 N–H and O–H groups in total. The highest BCUT2D eigenvalue weighted by Gasteiger charge is 2.23. The molecule has 1 aliphatic rings. The van der Waals surface area contributed by atoms with Crippen molar-refractivity contribution in [1.29, 1.82) is 0 Å². The number of anilines is 1. The number of benzene rings is 1. The number of ether oxygens (including phenoxy) is 1. The van der Waals surface area contributed by atoms with Crippen LogP contribution in [-0.4, -0.2) is 28.9 Å². The fourth-order valence-electron chi connectivity index (χ4n) is 2.33. The lowest BCUT2D eigenvalue weighted by atomic mass is 10.1. The number of carbonyl (C=O) groups is 1. The zero-order chi connectivity index (χ0) is 13.9. The molecule has 104 valence electrons. The normalized spacial score (nSPS) is 18.1. The molecule has 3 rings (SSSR count). The fourth-order valence-corrected chi connectivity index (χ4v) is 2.33. The third-order valence-corrected chi connectivity index (χ3v) is 3.54. The van der Waals surface area contributed by atoms with Crippen molar-refractivity contribution in [3.63, 3.8) is 0 Å². The van der Waals surface area contributed by atoms with E-state index in [1.165, 1.54) is 0 Å². The number of nitrogens with one attached hydrogen (secondary N) is 1. The molecule has 0 bridgehead atoms. The first-order valence-electron chi connectivity index (χ1n) is 6.73. The number of carbonyl (C=O) groups excluding carboxylic acids is 1. The molecule has 0 aliphatic carbocycles. The summed E-state index contributed by atoms with van der Waals surface area (Å²) in [7, 11) is 0. The molecule has 5 heteroatoms. The standard InChI is InChI=1S/C15H17N3O2/c1-11-9-13(18-7-2-6-16-18)3-4-14(11)17-15(19)12-5-8-20-10-12/h2-4,6-7,9,12H,5,8,10H2,1H3,(H,17,19)/t12-/m1/s1. The molecule has 1 aromatic heterocycles. The van der Waals surface area contributed by atoms with Crippen LogP contribution in [0.2, 0.25) is 0 Å². The number of hydrogen-bond donors (Lipinski definition) is 1. The van der Waals surface area contributed by atoms with Crippen LogP contribution in [-0.2, 0) is 9.53 Å². The number of hydrogen-bond acceptors (Lipinski definition) is 3. The lowest BCUT2D eigenvalue weighted by Crippen LogP contribution is -2.23. The Kier molecular flexibility index (Phi) is 3.52. The molecule has 1 aromatic carbocycles. The Morgan fingerprint density at radius 2 is 2.40 bits per heavy atom. The van der Waals surface area contributed by atoms with Crippen LogP contribution >= 0.6 is 0 Å². The Labute approximate surface area is 117 Å². The van der Waals surface area contributed by atoms with E-state index in [1.807, 2.05) is 37.4 Å². The highest BCUT2D eigenvalue weighted by molar-refractivity contribution is 5.93. The molecule has 1 fully saturated rings. The zero-order valence-electron chi connectivity index (χ0n) is 11.4. The maximum absolute atomic E-state index is 12.1. The van der Waals surface area contributed by atoms with Gasteiger partial charge in [-0.1, -0.05) is 0 Å². The van der Waals surface area contributed by atoms with Crippen molar-refractivity contribution in [3.05, 3.63) is 42.2 Å². The second-order valence-electron chi connectivity index (χ2n) is 5.00. The highest BCUT2D eigenvalue weighted by Crippen LogP contribution is 2.21. The first-order chi connectivity index (χ1) is 9.74. The van der Waals surface area contributed by atoms with Gasteiger partial charge in [0.1, 0.15) is 0 Å². The van der Waals surface area contributed by atoms with Crippen molar-refractivity contribution < 1.29 is 9.53 Å². The van der Waals surface area contributed by atoms with E-state index in [0.29, 0.717) is 13.2 Å². The first-order valence-corrected chi connectivity index (χ1v) is 6.73. The van der Waals surface area contributed by atoms with Gasteiger partial charge >= 0.3 is 0 Å². The van der Waals surface area contributed by atoms with Gasteiger partial charge in [-0.25, -0.2) is 4.68 Å². The van der Waals surface area contributed by atoms with E-state index in [9.17, 15) is 4.79 Å². The molecule has 1 aliphatic heterocycles. The molecule has 0 spiro atoms. The number of amides is 1. The lowest BCUT2D eigenvalue weighted by Gasteiger charge is -2.12. The van der Waals surface area contributed by atoms with Crippen LogP contribution in [0.5, 0.6) is 0 Å². The summed E-state index contributed by atoms with van der Waals surface area (Å²) in [5.41, 5.74) is 2.85. The number of nitrogens with zero attached hydrogens (tertiary/aromatic N) is 2. The van der Waals surface area contributed by atoms with Crippen LogP contribution in [0.15, 0.2) is 36.7 Å². The summed E-state index contributed by atoms with van der Waals surface area (Å²) in [4.78, 5) is 12.1. The zero-order valence-corrected chi connectivity index (χ0v) is 11.4. The molecule has 0 unspecified atom stereocenters. The van der Waals surface area contributed by atoms with Gasteiger partial charge in [-0.15, -0.1) is 0 Å². The van der Waals surface area contributed by atoms with Crippen molar-refractivity contribution in [3.8, 4) is 5.69 Å². The van der Waals surface area contributed by atoms with Gasteiger partial charge in [-0.05, 0) is 43.2 Å². The van der Waals surface area contributed by atoms with E-state index >= 15 is 0 Å². The molecule has 1 atom stereocenters. The average molecular weight is 271 g/mol. The molecular formula is C15H17N3O2. The second kappa shape index (κ2) is 5.46. The van der Waals surface area contributed by atoms with Crippen molar-refractivity contribution >= 4 is 11.6 Å². The van der Waals surface area contributed by atoms with Gasteiger partial charge in [-0.2, -0.15) is 5.10 Å². The minimum Gasteiger partial charge on any atom is -0.381 e. The van der Waals surface area contributed by atoms with E-state index in [0.717, 1.165) is 23.4 Å². The summed E-state index contributed by atoms with van der Waals surface area (Å²) in [5, 5.41) is 7.17. The summed E-state index contributed by atoms with van der Waals surface area (Å²) >= 11 is 0. The predicted octanol–water partition coefficient (Wildman–Crippen LogP) is 2.16. The average Bonchev–Trinajstić information content (AvgIpc) is 3.14. The van der Waals surface area contributed by atoms with E-state index in [1.54, 1.807) is 10.9 Å². The topological polar surface area (TPSA) is 56.2 Å². The van der Waals surface area contributed by atoms with Gasteiger partial charge in [0.2, 0.25) is 5.91 Å². The number of aromatic nitrogens is 2. The number of aryl methyl sites for hydroxylation is 1. The minimum absolute atomic E-state index is 0.0276. The summed E-state index contributed by atoms with van der Waals surface area (Å²) in [6.07, 6.45) is 4.43. The maximum Gasteiger partial charge on any atom is 0.229 e. The molecule has 1 amide bonds. The molecule has 2 aromatic rings. The predicted molar refractivity (Wildman–Crippen MR) is 75.9 cm³/mol. The fraction of sp³-hybridized carbons (Fsp3) is 0.333. The summed E-state index contributed by atoms with van der Waals surface area (Å²) < 4.78 is 7.04. The molecule has 0 radical (unpaired) electrons. The largest absolute Gasteiger partial charge is 0.381 e.